The maximum Gasteiger partial charge on any atom is 0.270 e. The summed E-state index contributed by atoms with van der Waals surface area (Å²) < 4.78 is 5.73. The third kappa shape index (κ3) is 3.03. The molecule has 0 bridgehead atoms. The van der Waals surface area contributed by atoms with E-state index in [-0.39, 0.29) is 18.3 Å². The third-order valence-electron chi connectivity index (χ3n) is 3.85. The standard InChI is InChI=1S/C19H15N5O2/c20-17-16(19-24-23-18(26-19)13-6-2-1-3-7-13)22-15(10-21-17)14-8-4-5-12(9-14)11-25/h1-10,25H,11H2,(H2,20,21). The normalized spacial score (nSPS) is 10.8. The number of hydrogen-bond acceptors (Lipinski definition) is 7. The predicted octanol–water partition coefficient (Wildman–Crippen LogP) is 2.94. The zero-order valence-electron chi connectivity index (χ0n) is 13.7. The van der Waals surface area contributed by atoms with E-state index in [0.29, 0.717) is 17.3 Å². The summed E-state index contributed by atoms with van der Waals surface area (Å²) in [6.45, 7) is -0.0484. The van der Waals surface area contributed by atoms with E-state index >= 15 is 0 Å². The van der Waals surface area contributed by atoms with E-state index in [0.717, 1.165) is 16.7 Å². The summed E-state index contributed by atoms with van der Waals surface area (Å²) in [5, 5.41) is 17.4. The number of aliphatic hydroxyl groups excluding tert-OH is 1. The largest absolute Gasteiger partial charge is 0.414 e. The lowest BCUT2D eigenvalue weighted by atomic mass is 10.1. The minimum Gasteiger partial charge on any atom is -0.414 e. The molecule has 128 valence electrons. The Bertz CT molecular complexity index is 1050. The van der Waals surface area contributed by atoms with Gasteiger partial charge >= 0.3 is 0 Å². The van der Waals surface area contributed by atoms with E-state index in [4.69, 9.17) is 10.2 Å². The lowest BCUT2D eigenvalue weighted by Crippen LogP contribution is -1.99. The molecular weight excluding hydrogens is 330 g/mol. The van der Waals surface area contributed by atoms with Gasteiger partial charge in [0.15, 0.2) is 11.5 Å². The Morgan fingerprint density at radius 2 is 1.69 bits per heavy atom. The van der Waals surface area contributed by atoms with E-state index in [2.05, 4.69) is 20.2 Å². The number of nitrogens with two attached hydrogens (primary N) is 1. The van der Waals surface area contributed by atoms with Crippen molar-refractivity contribution in [3.8, 4) is 34.3 Å². The van der Waals surface area contributed by atoms with Crippen LogP contribution in [0.2, 0.25) is 0 Å². The van der Waals surface area contributed by atoms with Crippen LogP contribution in [0.5, 0.6) is 0 Å². The van der Waals surface area contributed by atoms with Crippen LogP contribution in [0, 0.1) is 0 Å². The number of benzene rings is 2. The molecule has 2 aromatic carbocycles. The number of aromatic nitrogens is 4. The van der Waals surface area contributed by atoms with Crippen molar-refractivity contribution in [1.82, 2.24) is 20.2 Å². The monoisotopic (exact) mass is 345 g/mol. The van der Waals surface area contributed by atoms with Gasteiger partial charge in [0, 0.05) is 11.1 Å². The quantitative estimate of drug-likeness (QED) is 0.585. The Kier molecular flexibility index (Phi) is 4.12. The molecule has 0 aliphatic carbocycles. The number of hydrogen-bond donors (Lipinski definition) is 2. The van der Waals surface area contributed by atoms with Gasteiger partial charge in [-0.1, -0.05) is 36.4 Å². The summed E-state index contributed by atoms with van der Waals surface area (Å²) in [5.74, 6) is 0.791. The van der Waals surface area contributed by atoms with Gasteiger partial charge in [-0.05, 0) is 23.8 Å². The van der Waals surface area contributed by atoms with Crippen LogP contribution in [0.1, 0.15) is 5.56 Å². The van der Waals surface area contributed by atoms with Crippen LogP contribution < -0.4 is 5.73 Å². The number of nitrogen functional groups attached to an aromatic ring is 1. The molecule has 0 amide bonds. The van der Waals surface area contributed by atoms with Crippen molar-refractivity contribution in [2.45, 2.75) is 6.61 Å². The van der Waals surface area contributed by atoms with Crippen LogP contribution >= 0.6 is 0 Å². The van der Waals surface area contributed by atoms with Crippen LogP contribution in [-0.4, -0.2) is 25.3 Å². The minimum absolute atomic E-state index is 0.0484. The van der Waals surface area contributed by atoms with Crippen LogP contribution in [0.25, 0.3) is 34.3 Å². The maximum atomic E-state index is 9.31. The van der Waals surface area contributed by atoms with Gasteiger partial charge in [0.25, 0.3) is 5.89 Å². The van der Waals surface area contributed by atoms with Crippen molar-refractivity contribution in [2.75, 3.05) is 5.73 Å². The summed E-state index contributed by atoms with van der Waals surface area (Å²) in [4.78, 5) is 8.72. The average Bonchev–Trinajstić information content (AvgIpc) is 3.19. The van der Waals surface area contributed by atoms with Crippen LogP contribution in [0.15, 0.2) is 65.2 Å². The lowest BCUT2D eigenvalue weighted by Gasteiger charge is -2.05. The highest BCUT2D eigenvalue weighted by atomic mass is 16.4. The van der Waals surface area contributed by atoms with Gasteiger partial charge in [0.2, 0.25) is 5.89 Å². The Morgan fingerprint density at radius 1 is 0.923 bits per heavy atom. The van der Waals surface area contributed by atoms with E-state index in [9.17, 15) is 5.11 Å². The Labute approximate surface area is 149 Å². The van der Waals surface area contributed by atoms with Gasteiger partial charge in [-0.25, -0.2) is 9.97 Å². The van der Waals surface area contributed by atoms with Gasteiger partial charge in [-0.3, -0.25) is 0 Å². The molecule has 2 heterocycles. The van der Waals surface area contributed by atoms with Gasteiger partial charge < -0.3 is 15.3 Å². The molecule has 2 aromatic heterocycles. The van der Waals surface area contributed by atoms with Crippen molar-refractivity contribution in [2.24, 2.45) is 0 Å². The fourth-order valence-electron chi connectivity index (χ4n) is 2.54. The van der Waals surface area contributed by atoms with E-state index < -0.39 is 0 Å². The molecule has 0 saturated carbocycles. The maximum absolute atomic E-state index is 9.31. The molecule has 0 unspecified atom stereocenters. The topological polar surface area (TPSA) is 111 Å². The molecule has 0 aliphatic rings. The van der Waals surface area contributed by atoms with Crippen molar-refractivity contribution >= 4 is 5.82 Å². The van der Waals surface area contributed by atoms with E-state index in [1.807, 2.05) is 54.6 Å². The molecule has 0 spiro atoms. The first-order chi connectivity index (χ1) is 12.7. The molecule has 4 aromatic rings. The molecule has 0 aliphatic heterocycles. The van der Waals surface area contributed by atoms with Crippen LogP contribution in [0.3, 0.4) is 0 Å². The molecule has 0 saturated heterocycles. The van der Waals surface area contributed by atoms with E-state index in [1.54, 1.807) is 6.20 Å². The second-order valence-electron chi connectivity index (χ2n) is 5.63. The summed E-state index contributed by atoms with van der Waals surface area (Å²) in [7, 11) is 0. The smallest absolute Gasteiger partial charge is 0.270 e. The molecule has 4 rings (SSSR count). The number of rotatable bonds is 4. The zero-order chi connectivity index (χ0) is 17.9. The lowest BCUT2D eigenvalue weighted by molar-refractivity contribution is 0.282. The number of nitrogens with zero attached hydrogens (tertiary/aromatic N) is 4. The predicted molar refractivity (Wildman–Crippen MR) is 96.5 cm³/mol. The summed E-state index contributed by atoms with van der Waals surface area (Å²) in [6, 6.07) is 16.8. The van der Waals surface area contributed by atoms with Crippen LogP contribution in [-0.2, 0) is 6.61 Å². The SMILES string of the molecule is Nc1ncc(-c2cccc(CO)c2)nc1-c1nnc(-c2ccccc2)o1. The summed E-state index contributed by atoms with van der Waals surface area (Å²) in [6.07, 6.45) is 1.57. The van der Waals surface area contributed by atoms with Gasteiger partial charge in [-0.2, -0.15) is 0 Å². The fourth-order valence-corrected chi connectivity index (χ4v) is 2.54. The highest BCUT2D eigenvalue weighted by Crippen LogP contribution is 2.28. The first-order valence-electron chi connectivity index (χ1n) is 7.96. The van der Waals surface area contributed by atoms with Gasteiger partial charge in [-0.15, -0.1) is 10.2 Å². The zero-order valence-corrected chi connectivity index (χ0v) is 13.7. The van der Waals surface area contributed by atoms with Gasteiger partial charge in [0.1, 0.15) is 0 Å². The number of anilines is 1. The first-order valence-corrected chi connectivity index (χ1v) is 7.96. The molecule has 3 N–H and O–H groups in total. The van der Waals surface area contributed by atoms with Crippen molar-refractivity contribution in [1.29, 1.82) is 0 Å². The molecule has 7 heteroatoms. The third-order valence-corrected chi connectivity index (χ3v) is 3.85. The second-order valence-corrected chi connectivity index (χ2v) is 5.63. The molecule has 7 nitrogen and oxygen atoms in total. The molecular formula is C19H15N5O2. The van der Waals surface area contributed by atoms with E-state index in [1.165, 1.54) is 0 Å². The first kappa shape index (κ1) is 15.9. The summed E-state index contributed by atoms with van der Waals surface area (Å²) in [5.41, 5.74) is 9.30. The van der Waals surface area contributed by atoms with Crippen molar-refractivity contribution < 1.29 is 9.52 Å². The fraction of sp³-hybridized carbons (Fsp3) is 0.0526. The second kappa shape index (κ2) is 6.73. The molecule has 26 heavy (non-hydrogen) atoms. The minimum atomic E-state index is -0.0484. The average molecular weight is 345 g/mol. The Hall–Kier alpha value is -3.58. The van der Waals surface area contributed by atoms with Crippen molar-refractivity contribution in [3.63, 3.8) is 0 Å². The van der Waals surface area contributed by atoms with Crippen LogP contribution in [0.4, 0.5) is 5.82 Å². The van der Waals surface area contributed by atoms with Gasteiger partial charge in [0.05, 0.1) is 18.5 Å². The molecule has 0 fully saturated rings. The highest BCUT2D eigenvalue weighted by Gasteiger charge is 2.16. The summed E-state index contributed by atoms with van der Waals surface area (Å²) >= 11 is 0. The Balaban J connectivity index is 1.74. The van der Waals surface area contributed by atoms with Crippen molar-refractivity contribution in [3.05, 3.63) is 66.4 Å². The number of aliphatic hydroxyl groups is 1. The molecule has 0 atom stereocenters. The molecule has 0 radical (unpaired) electrons. The Morgan fingerprint density at radius 3 is 2.50 bits per heavy atom. The highest BCUT2D eigenvalue weighted by molar-refractivity contribution is 5.69.